The first-order chi connectivity index (χ1) is 16.2. The van der Waals surface area contributed by atoms with Crippen LogP contribution in [0, 0.1) is 6.92 Å². The zero-order chi connectivity index (χ0) is 26.4. The van der Waals surface area contributed by atoms with Crippen molar-refractivity contribution in [3.8, 4) is 5.75 Å². The first kappa shape index (κ1) is 28.2. The fourth-order valence-electron chi connectivity index (χ4n) is 3.76. The Kier molecular flexibility index (Phi) is 9.31. The van der Waals surface area contributed by atoms with Gasteiger partial charge in [0.05, 0.1) is 19.1 Å². The lowest BCUT2D eigenvalue weighted by molar-refractivity contribution is -0.141. The fourth-order valence-corrected chi connectivity index (χ4v) is 4.60. The summed E-state index contributed by atoms with van der Waals surface area (Å²) in [6.45, 7) is 9.13. The van der Waals surface area contributed by atoms with Gasteiger partial charge in [0.1, 0.15) is 18.3 Å². The first-order valence-electron chi connectivity index (χ1n) is 11.5. The van der Waals surface area contributed by atoms with Crippen LogP contribution in [0.3, 0.4) is 0 Å². The van der Waals surface area contributed by atoms with E-state index in [1.807, 2.05) is 58.9 Å². The number of benzene rings is 2. The van der Waals surface area contributed by atoms with Crippen LogP contribution in [-0.2, 0) is 26.2 Å². The molecule has 0 unspecified atom stereocenters. The smallest absolute Gasteiger partial charge is 0.244 e. The second-order valence-electron chi connectivity index (χ2n) is 9.65. The second kappa shape index (κ2) is 11.6. The Morgan fingerprint density at radius 1 is 1.09 bits per heavy atom. The van der Waals surface area contributed by atoms with Crippen molar-refractivity contribution < 1.29 is 22.7 Å². The number of carbonyl (C=O) groups is 2. The third kappa shape index (κ3) is 8.28. The number of sulfonamides is 1. The van der Waals surface area contributed by atoms with Gasteiger partial charge in [-0.25, -0.2) is 8.42 Å². The van der Waals surface area contributed by atoms with Crippen LogP contribution in [0.25, 0.3) is 0 Å². The minimum Gasteiger partial charge on any atom is -0.497 e. The summed E-state index contributed by atoms with van der Waals surface area (Å²) < 4.78 is 31.6. The predicted octanol–water partition coefficient (Wildman–Crippen LogP) is 3.49. The van der Waals surface area contributed by atoms with Crippen LogP contribution in [0.5, 0.6) is 5.75 Å². The molecule has 2 aromatic carbocycles. The second-order valence-corrected chi connectivity index (χ2v) is 11.6. The van der Waals surface area contributed by atoms with E-state index in [1.165, 1.54) is 12.0 Å². The molecule has 35 heavy (non-hydrogen) atoms. The lowest BCUT2D eigenvalue weighted by Crippen LogP contribution is -2.55. The third-order valence-electron chi connectivity index (χ3n) is 5.34. The molecule has 2 aromatic rings. The molecule has 0 radical (unpaired) electrons. The van der Waals surface area contributed by atoms with Crippen molar-refractivity contribution in [2.75, 3.05) is 24.2 Å². The van der Waals surface area contributed by atoms with Gasteiger partial charge in [-0.2, -0.15) is 0 Å². The molecule has 0 heterocycles. The van der Waals surface area contributed by atoms with Crippen LogP contribution in [-0.4, -0.2) is 56.6 Å². The Labute approximate surface area is 209 Å². The van der Waals surface area contributed by atoms with E-state index in [-0.39, 0.29) is 12.5 Å². The van der Waals surface area contributed by atoms with E-state index in [4.69, 9.17) is 4.74 Å². The summed E-state index contributed by atoms with van der Waals surface area (Å²) in [4.78, 5) is 28.3. The molecule has 1 N–H and O–H groups in total. The van der Waals surface area contributed by atoms with Crippen molar-refractivity contribution in [3.63, 3.8) is 0 Å². The van der Waals surface area contributed by atoms with E-state index >= 15 is 0 Å². The van der Waals surface area contributed by atoms with E-state index in [0.29, 0.717) is 17.9 Å². The number of hydrogen-bond acceptors (Lipinski definition) is 5. The van der Waals surface area contributed by atoms with E-state index in [0.717, 1.165) is 21.7 Å². The van der Waals surface area contributed by atoms with Gasteiger partial charge in [-0.3, -0.25) is 13.9 Å². The Hall–Kier alpha value is -3.07. The lowest BCUT2D eigenvalue weighted by Gasteiger charge is -2.34. The molecule has 0 aliphatic carbocycles. The zero-order valence-electron chi connectivity index (χ0n) is 21.7. The van der Waals surface area contributed by atoms with Gasteiger partial charge in [0, 0.05) is 18.2 Å². The minimum absolute atomic E-state index is 0.173. The number of carbonyl (C=O) groups excluding carboxylic acids is 2. The lowest BCUT2D eigenvalue weighted by atomic mass is 10.0. The summed E-state index contributed by atoms with van der Waals surface area (Å²) in [6.07, 6.45) is 1.42. The summed E-state index contributed by atoms with van der Waals surface area (Å²) in [5.41, 5.74) is 1.70. The van der Waals surface area contributed by atoms with Crippen molar-refractivity contribution in [2.24, 2.45) is 0 Å². The van der Waals surface area contributed by atoms with Crippen molar-refractivity contribution in [2.45, 2.75) is 59.2 Å². The summed E-state index contributed by atoms with van der Waals surface area (Å²) in [7, 11) is -2.32. The fraction of sp³-hybridized carbons (Fsp3) is 0.462. The monoisotopic (exact) mass is 503 g/mol. The average molecular weight is 504 g/mol. The van der Waals surface area contributed by atoms with Crippen LogP contribution < -0.4 is 14.4 Å². The molecule has 0 spiro atoms. The number of nitrogens with one attached hydrogen (secondary N) is 1. The maximum Gasteiger partial charge on any atom is 0.244 e. The Bertz CT molecular complexity index is 1140. The largest absolute Gasteiger partial charge is 0.497 e. The highest BCUT2D eigenvalue weighted by Crippen LogP contribution is 2.24. The molecule has 2 amide bonds. The van der Waals surface area contributed by atoms with Crippen molar-refractivity contribution in [1.82, 2.24) is 10.2 Å². The molecule has 0 bridgehead atoms. The molecule has 192 valence electrons. The quantitative estimate of drug-likeness (QED) is 0.535. The van der Waals surface area contributed by atoms with Crippen molar-refractivity contribution in [1.29, 1.82) is 0 Å². The number of anilines is 1. The first-order valence-corrected chi connectivity index (χ1v) is 13.4. The summed E-state index contributed by atoms with van der Waals surface area (Å²) in [5.74, 6) is -0.292. The van der Waals surface area contributed by atoms with E-state index in [2.05, 4.69) is 5.32 Å². The number of amides is 2. The average Bonchev–Trinajstić information content (AvgIpc) is 2.75. The maximum absolute atomic E-state index is 13.7. The van der Waals surface area contributed by atoms with Crippen LogP contribution in [0.2, 0.25) is 0 Å². The molecular formula is C26H37N3O5S. The van der Waals surface area contributed by atoms with Gasteiger partial charge in [-0.1, -0.05) is 42.8 Å². The van der Waals surface area contributed by atoms with Crippen molar-refractivity contribution in [3.05, 3.63) is 59.7 Å². The molecule has 0 saturated carbocycles. The highest BCUT2D eigenvalue weighted by Gasteiger charge is 2.33. The third-order valence-corrected chi connectivity index (χ3v) is 6.48. The van der Waals surface area contributed by atoms with E-state index in [1.54, 1.807) is 24.3 Å². The van der Waals surface area contributed by atoms with Gasteiger partial charge in [-0.05, 0) is 51.8 Å². The van der Waals surface area contributed by atoms with Crippen LogP contribution in [0.1, 0.15) is 45.2 Å². The summed E-state index contributed by atoms with van der Waals surface area (Å²) >= 11 is 0. The molecular weight excluding hydrogens is 466 g/mol. The summed E-state index contributed by atoms with van der Waals surface area (Å²) in [6, 6.07) is 13.4. The number of ether oxygens (including phenoxy) is 1. The van der Waals surface area contributed by atoms with Gasteiger partial charge in [0.25, 0.3) is 0 Å². The highest BCUT2D eigenvalue weighted by atomic mass is 32.2. The SMILES string of the molecule is CC[C@@H](C(=O)NC(C)(C)C)N(Cc1cccc(C)c1)C(=O)CN(c1cccc(OC)c1)S(C)(=O)=O. The Balaban J connectivity index is 2.47. The molecule has 0 aliphatic rings. The Morgan fingerprint density at radius 2 is 1.74 bits per heavy atom. The molecule has 0 aliphatic heterocycles. The molecule has 1 atom stereocenters. The topological polar surface area (TPSA) is 96.0 Å². The van der Waals surface area contributed by atoms with Crippen LogP contribution >= 0.6 is 0 Å². The standard InChI is InChI=1S/C26H37N3O5S/c1-8-23(25(31)27-26(3,4)5)28(17-20-12-9-11-19(2)15-20)24(30)18-29(35(7,32)33)21-13-10-14-22(16-21)34-6/h9-16,23H,8,17-18H2,1-7H3,(H,27,31)/t23-/m0/s1. The van der Waals surface area contributed by atoms with Crippen LogP contribution in [0.15, 0.2) is 48.5 Å². The van der Waals surface area contributed by atoms with Gasteiger partial charge in [0.15, 0.2) is 0 Å². The molecule has 0 fully saturated rings. The predicted molar refractivity (Wildman–Crippen MR) is 139 cm³/mol. The van der Waals surface area contributed by atoms with Gasteiger partial charge in [0.2, 0.25) is 21.8 Å². The number of rotatable bonds is 10. The molecule has 2 rings (SSSR count). The maximum atomic E-state index is 13.7. The zero-order valence-corrected chi connectivity index (χ0v) is 22.5. The van der Waals surface area contributed by atoms with Crippen LogP contribution in [0.4, 0.5) is 5.69 Å². The van der Waals surface area contributed by atoms with E-state index in [9.17, 15) is 18.0 Å². The van der Waals surface area contributed by atoms with Gasteiger partial charge < -0.3 is 15.0 Å². The van der Waals surface area contributed by atoms with Gasteiger partial charge >= 0.3 is 0 Å². The molecule has 0 aromatic heterocycles. The molecule has 8 nitrogen and oxygen atoms in total. The Morgan fingerprint density at radius 3 is 2.29 bits per heavy atom. The highest BCUT2D eigenvalue weighted by molar-refractivity contribution is 7.92. The number of aryl methyl sites for hydroxylation is 1. The number of nitrogens with zero attached hydrogens (tertiary/aromatic N) is 2. The van der Waals surface area contributed by atoms with Gasteiger partial charge in [-0.15, -0.1) is 0 Å². The number of methoxy groups -OCH3 is 1. The molecule has 9 heteroatoms. The minimum atomic E-state index is -3.80. The summed E-state index contributed by atoms with van der Waals surface area (Å²) in [5, 5.41) is 2.95. The van der Waals surface area contributed by atoms with E-state index < -0.39 is 34.1 Å². The normalized spacial score (nSPS) is 12.5. The molecule has 0 saturated heterocycles. The number of hydrogen-bond donors (Lipinski definition) is 1. The van der Waals surface area contributed by atoms with Crippen molar-refractivity contribution >= 4 is 27.5 Å².